The van der Waals surface area contributed by atoms with Crippen molar-refractivity contribution in [3.8, 4) is 5.69 Å². The summed E-state index contributed by atoms with van der Waals surface area (Å²) in [4.78, 5) is 5.63. The van der Waals surface area contributed by atoms with Crippen LogP contribution in [0.25, 0.3) is 5.69 Å². The van der Waals surface area contributed by atoms with Crippen molar-refractivity contribution >= 4 is 33.2 Å². The number of rotatable bonds is 4. The summed E-state index contributed by atoms with van der Waals surface area (Å²) in [5.41, 5.74) is 1.11. The van der Waals surface area contributed by atoms with Gasteiger partial charge in [0.15, 0.2) is 0 Å². The molecule has 0 bridgehead atoms. The normalized spacial score (nSPS) is 10.6. The number of nitrogens with zero attached hydrogens (tertiary/aromatic N) is 2. The van der Waals surface area contributed by atoms with E-state index in [9.17, 15) is 0 Å². The number of nitrogens with one attached hydrogen (secondary N) is 1. The van der Waals surface area contributed by atoms with Crippen molar-refractivity contribution in [2.45, 2.75) is 6.54 Å². The molecular weight excluding hydrogens is 322 g/mol. The summed E-state index contributed by atoms with van der Waals surface area (Å²) in [6.45, 7) is 0.778. The van der Waals surface area contributed by atoms with E-state index < -0.39 is 0 Å². The van der Waals surface area contributed by atoms with E-state index in [1.165, 1.54) is 4.88 Å². The number of halogens is 1. The van der Waals surface area contributed by atoms with E-state index in [0.717, 1.165) is 22.0 Å². The van der Waals surface area contributed by atoms with Crippen LogP contribution in [0.4, 0.5) is 5.95 Å². The molecule has 3 nitrogen and oxygen atoms in total. The minimum atomic E-state index is 0.778. The third kappa shape index (κ3) is 2.88. The Morgan fingerprint density at radius 3 is 2.74 bits per heavy atom. The monoisotopic (exact) mass is 333 g/mol. The van der Waals surface area contributed by atoms with Crippen LogP contribution < -0.4 is 5.32 Å². The zero-order valence-electron chi connectivity index (χ0n) is 10.1. The number of aromatic nitrogens is 2. The molecule has 0 saturated carbocycles. The fourth-order valence-electron chi connectivity index (χ4n) is 1.84. The molecule has 0 spiro atoms. The van der Waals surface area contributed by atoms with Crippen molar-refractivity contribution in [2.24, 2.45) is 0 Å². The summed E-state index contributed by atoms with van der Waals surface area (Å²) >= 11 is 5.20. The lowest BCUT2D eigenvalue weighted by Gasteiger charge is -2.08. The molecule has 0 amide bonds. The second kappa shape index (κ2) is 5.59. The zero-order valence-corrected chi connectivity index (χ0v) is 12.5. The van der Waals surface area contributed by atoms with Crippen molar-refractivity contribution in [1.82, 2.24) is 9.55 Å². The van der Waals surface area contributed by atoms with Gasteiger partial charge in [0.2, 0.25) is 5.95 Å². The third-order valence-corrected chi connectivity index (χ3v) is 4.35. The van der Waals surface area contributed by atoms with Crippen LogP contribution in [0.15, 0.2) is 58.6 Å². The summed E-state index contributed by atoms with van der Waals surface area (Å²) < 4.78 is 3.19. The van der Waals surface area contributed by atoms with Gasteiger partial charge in [-0.05, 0) is 40.2 Å². The number of hydrogen-bond donors (Lipinski definition) is 1. The molecule has 0 aliphatic rings. The number of benzene rings is 1. The van der Waals surface area contributed by atoms with Gasteiger partial charge in [0.05, 0.1) is 10.3 Å². The lowest BCUT2D eigenvalue weighted by molar-refractivity contribution is 1.01. The Bertz CT molecular complexity index is 660. The molecule has 2 heterocycles. The third-order valence-electron chi connectivity index (χ3n) is 2.72. The number of anilines is 1. The van der Waals surface area contributed by atoms with Gasteiger partial charge in [-0.2, -0.15) is 0 Å². The molecule has 5 heteroatoms. The minimum Gasteiger partial charge on any atom is -0.350 e. The predicted octanol–water partition coefficient (Wildman–Crippen LogP) is 4.31. The van der Waals surface area contributed by atoms with Gasteiger partial charge >= 0.3 is 0 Å². The van der Waals surface area contributed by atoms with Gasteiger partial charge < -0.3 is 5.32 Å². The van der Waals surface area contributed by atoms with Crippen LogP contribution in [0.3, 0.4) is 0 Å². The average molecular weight is 334 g/mol. The molecule has 0 saturated heterocycles. The highest BCUT2D eigenvalue weighted by Gasteiger charge is 2.05. The summed E-state index contributed by atoms with van der Waals surface area (Å²) in [6.07, 6.45) is 3.77. The van der Waals surface area contributed by atoms with E-state index in [0.29, 0.717) is 0 Å². The van der Waals surface area contributed by atoms with E-state index in [1.54, 1.807) is 17.5 Å². The van der Waals surface area contributed by atoms with E-state index in [1.807, 2.05) is 29.0 Å². The summed E-state index contributed by atoms with van der Waals surface area (Å²) in [6, 6.07) is 14.4. The van der Waals surface area contributed by atoms with Crippen molar-refractivity contribution in [3.05, 3.63) is 63.5 Å². The predicted molar refractivity (Wildman–Crippen MR) is 82.9 cm³/mol. The van der Waals surface area contributed by atoms with Gasteiger partial charge in [0.1, 0.15) is 0 Å². The highest BCUT2D eigenvalue weighted by molar-refractivity contribution is 9.11. The molecule has 0 fully saturated rings. The fraction of sp³-hybridized carbons (Fsp3) is 0.0714. The van der Waals surface area contributed by atoms with Gasteiger partial charge in [-0.3, -0.25) is 4.57 Å². The van der Waals surface area contributed by atoms with Gasteiger partial charge in [0, 0.05) is 23.0 Å². The Morgan fingerprint density at radius 2 is 2.00 bits per heavy atom. The second-order valence-corrected chi connectivity index (χ2v) is 6.56. The van der Waals surface area contributed by atoms with Crippen LogP contribution in [0.5, 0.6) is 0 Å². The van der Waals surface area contributed by atoms with Crippen LogP contribution in [-0.2, 0) is 6.54 Å². The van der Waals surface area contributed by atoms with E-state index in [4.69, 9.17) is 0 Å². The molecule has 19 heavy (non-hydrogen) atoms. The van der Waals surface area contributed by atoms with Gasteiger partial charge in [-0.25, -0.2) is 4.98 Å². The van der Waals surface area contributed by atoms with Crippen LogP contribution in [0.1, 0.15) is 4.88 Å². The number of imidazole rings is 1. The highest BCUT2D eigenvalue weighted by atomic mass is 79.9. The maximum Gasteiger partial charge on any atom is 0.207 e. The van der Waals surface area contributed by atoms with Gasteiger partial charge in [-0.15, -0.1) is 11.3 Å². The first-order valence-corrected chi connectivity index (χ1v) is 7.51. The Balaban J connectivity index is 1.77. The quantitative estimate of drug-likeness (QED) is 0.771. The Kier molecular flexibility index (Phi) is 3.66. The standard InChI is InChI=1S/C14H12BrN3S/c15-13-7-6-12(19-13)10-17-14-16-8-9-18(14)11-4-2-1-3-5-11/h1-9H,10H2,(H,16,17). The minimum absolute atomic E-state index is 0.778. The molecule has 0 aliphatic heterocycles. The zero-order chi connectivity index (χ0) is 13.1. The van der Waals surface area contributed by atoms with Crippen LogP contribution >= 0.6 is 27.3 Å². The lowest BCUT2D eigenvalue weighted by atomic mass is 10.3. The molecule has 0 unspecified atom stereocenters. The second-order valence-electron chi connectivity index (χ2n) is 4.02. The molecule has 3 aromatic rings. The van der Waals surface area contributed by atoms with E-state index in [2.05, 4.69) is 50.5 Å². The topological polar surface area (TPSA) is 29.9 Å². The molecule has 0 atom stereocenters. The van der Waals surface area contributed by atoms with Crippen molar-refractivity contribution in [2.75, 3.05) is 5.32 Å². The first-order chi connectivity index (χ1) is 9.33. The van der Waals surface area contributed by atoms with Gasteiger partial charge in [0.25, 0.3) is 0 Å². The molecule has 96 valence electrons. The molecule has 0 aliphatic carbocycles. The fourth-order valence-corrected chi connectivity index (χ4v) is 3.27. The average Bonchev–Trinajstić information content (AvgIpc) is 3.06. The summed E-state index contributed by atoms with van der Waals surface area (Å²) in [5, 5.41) is 3.36. The molecule has 2 aromatic heterocycles. The van der Waals surface area contributed by atoms with Crippen molar-refractivity contribution < 1.29 is 0 Å². The van der Waals surface area contributed by atoms with Crippen LogP contribution in [-0.4, -0.2) is 9.55 Å². The van der Waals surface area contributed by atoms with Gasteiger partial charge in [-0.1, -0.05) is 18.2 Å². The molecule has 1 aromatic carbocycles. The lowest BCUT2D eigenvalue weighted by Crippen LogP contribution is -2.04. The number of hydrogen-bond acceptors (Lipinski definition) is 3. The first-order valence-electron chi connectivity index (χ1n) is 5.90. The Morgan fingerprint density at radius 1 is 1.16 bits per heavy atom. The van der Waals surface area contributed by atoms with E-state index in [-0.39, 0.29) is 0 Å². The van der Waals surface area contributed by atoms with Crippen molar-refractivity contribution in [1.29, 1.82) is 0 Å². The Hall–Kier alpha value is -1.59. The van der Waals surface area contributed by atoms with Crippen LogP contribution in [0.2, 0.25) is 0 Å². The van der Waals surface area contributed by atoms with Crippen LogP contribution in [0, 0.1) is 0 Å². The summed E-state index contributed by atoms with van der Waals surface area (Å²) in [5.74, 6) is 0.857. The molecule has 0 radical (unpaired) electrons. The number of thiophene rings is 1. The first kappa shape index (κ1) is 12.4. The maximum absolute atomic E-state index is 4.36. The summed E-state index contributed by atoms with van der Waals surface area (Å²) in [7, 11) is 0. The molecular formula is C14H12BrN3S. The largest absolute Gasteiger partial charge is 0.350 e. The molecule has 3 rings (SSSR count). The SMILES string of the molecule is Brc1ccc(CNc2nccn2-c2ccccc2)s1. The Labute approximate surface area is 124 Å². The van der Waals surface area contributed by atoms with E-state index >= 15 is 0 Å². The highest BCUT2D eigenvalue weighted by Crippen LogP contribution is 2.23. The molecule has 1 N–H and O–H groups in total. The smallest absolute Gasteiger partial charge is 0.207 e. The number of para-hydroxylation sites is 1. The van der Waals surface area contributed by atoms with Crippen molar-refractivity contribution in [3.63, 3.8) is 0 Å². The maximum atomic E-state index is 4.36.